The van der Waals surface area contributed by atoms with Crippen molar-refractivity contribution < 1.29 is 4.79 Å². The van der Waals surface area contributed by atoms with Crippen LogP contribution in [0.3, 0.4) is 0 Å². The van der Waals surface area contributed by atoms with E-state index in [1.807, 2.05) is 12.1 Å². The van der Waals surface area contributed by atoms with Gasteiger partial charge in [0.15, 0.2) is 0 Å². The molecule has 1 atom stereocenters. The zero-order valence-corrected chi connectivity index (χ0v) is 11.0. The molecule has 0 spiro atoms. The van der Waals surface area contributed by atoms with Crippen LogP contribution < -0.4 is 0 Å². The fourth-order valence-electron chi connectivity index (χ4n) is 2.88. The molecule has 0 saturated heterocycles. The van der Waals surface area contributed by atoms with Gasteiger partial charge in [-0.05, 0) is 30.4 Å². The number of ketones is 1. The highest BCUT2D eigenvalue weighted by molar-refractivity contribution is 5.86. The van der Waals surface area contributed by atoms with E-state index in [0.717, 1.165) is 25.7 Å². The summed E-state index contributed by atoms with van der Waals surface area (Å²) in [6, 6.07) is 8.36. The van der Waals surface area contributed by atoms with Gasteiger partial charge in [0.2, 0.25) is 0 Å². The standard InChI is InChI=1S/C17H22O/c1-2-9-14-10-7-8-11-15(14)16-12-5-3-4-6-13-17(16)18/h2,7-8,10-11,16H,1,3-6,9,12-13H2. The van der Waals surface area contributed by atoms with Crippen LogP contribution in [0.4, 0.5) is 0 Å². The molecule has 0 amide bonds. The molecule has 1 aromatic carbocycles. The maximum atomic E-state index is 12.3. The smallest absolute Gasteiger partial charge is 0.140 e. The first-order chi connectivity index (χ1) is 8.83. The summed E-state index contributed by atoms with van der Waals surface area (Å²) in [6.07, 6.45) is 9.30. The molecule has 0 heterocycles. The third kappa shape index (κ3) is 3.10. The maximum absolute atomic E-state index is 12.3. The molecule has 1 heteroatoms. The Morgan fingerprint density at radius 3 is 2.78 bits per heavy atom. The third-order valence-corrected chi connectivity index (χ3v) is 3.85. The van der Waals surface area contributed by atoms with E-state index < -0.39 is 0 Å². The third-order valence-electron chi connectivity index (χ3n) is 3.85. The number of carbonyl (C=O) groups is 1. The number of hydrogen-bond donors (Lipinski definition) is 0. The zero-order valence-electron chi connectivity index (χ0n) is 11.0. The van der Waals surface area contributed by atoms with Crippen LogP contribution in [0.2, 0.25) is 0 Å². The van der Waals surface area contributed by atoms with Crippen molar-refractivity contribution >= 4 is 5.78 Å². The van der Waals surface area contributed by atoms with Gasteiger partial charge in [-0.15, -0.1) is 6.58 Å². The molecule has 1 nitrogen and oxygen atoms in total. The van der Waals surface area contributed by atoms with Crippen molar-refractivity contribution in [2.45, 2.75) is 50.9 Å². The van der Waals surface area contributed by atoms with Gasteiger partial charge in [-0.1, -0.05) is 49.6 Å². The lowest BCUT2D eigenvalue weighted by Crippen LogP contribution is -2.16. The Morgan fingerprint density at radius 1 is 1.17 bits per heavy atom. The molecule has 0 bridgehead atoms. The average molecular weight is 242 g/mol. The Morgan fingerprint density at radius 2 is 1.94 bits per heavy atom. The van der Waals surface area contributed by atoms with E-state index in [1.165, 1.54) is 30.4 Å². The molecule has 0 aliphatic heterocycles. The van der Waals surface area contributed by atoms with E-state index in [0.29, 0.717) is 5.78 Å². The quantitative estimate of drug-likeness (QED) is 0.717. The van der Waals surface area contributed by atoms with E-state index in [1.54, 1.807) is 0 Å². The second kappa shape index (κ2) is 6.53. The van der Waals surface area contributed by atoms with Crippen LogP contribution in [0, 0.1) is 0 Å². The van der Waals surface area contributed by atoms with E-state index in [-0.39, 0.29) is 5.92 Å². The molecule has 1 aliphatic carbocycles. The highest BCUT2D eigenvalue weighted by Gasteiger charge is 2.23. The van der Waals surface area contributed by atoms with Crippen LogP contribution in [0.25, 0.3) is 0 Å². The predicted molar refractivity (Wildman–Crippen MR) is 75.8 cm³/mol. The second-order valence-corrected chi connectivity index (χ2v) is 5.16. The predicted octanol–water partition coefficient (Wildman–Crippen LogP) is 4.42. The van der Waals surface area contributed by atoms with E-state index in [4.69, 9.17) is 0 Å². The van der Waals surface area contributed by atoms with Crippen LogP contribution in [0.5, 0.6) is 0 Å². The van der Waals surface area contributed by atoms with Crippen LogP contribution in [-0.2, 0) is 11.2 Å². The van der Waals surface area contributed by atoms with Gasteiger partial charge in [-0.2, -0.15) is 0 Å². The second-order valence-electron chi connectivity index (χ2n) is 5.16. The van der Waals surface area contributed by atoms with Gasteiger partial charge in [0.25, 0.3) is 0 Å². The molecule has 1 aromatic rings. The van der Waals surface area contributed by atoms with Crippen molar-refractivity contribution in [3.05, 3.63) is 48.0 Å². The number of hydrogen-bond acceptors (Lipinski definition) is 1. The number of carbonyl (C=O) groups excluding carboxylic acids is 1. The first-order valence-electron chi connectivity index (χ1n) is 7.04. The van der Waals surface area contributed by atoms with Crippen molar-refractivity contribution in [3.63, 3.8) is 0 Å². The minimum absolute atomic E-state index is 0.126. The molecule has 1 unspecified atom stereocenters. The molecule has 0 aromatic heterocycles. The minimum atomic E-state index is 0.126. The fourth-order valence-corrected chi connectivity index (χ4v) is 2.88. The number of rotatable bonds is 3. The molecule has 0 N–H and O–H groups in total. The van der Waals surface area contributed by atoms with Crippen LogP contribution in [-0.4, -0.2) is 5.78 Å². The van der Waals surface area contributed by atoms with Crippen molar-refractivity contribution in [1.29, 1.82) is 0 Å². The van der Waals surface area contributed by atoms with Gasteiger partial charge in [0, 0.05) is 12.3 Å². The Bertz CT molecular complexity index is 419. The summed E-state index contributed by atoms with van der Waals surface area (Å²) in [7, 11) is 0. The zero-order chi connectivity index (χ0) is 12.8. The summed E-state index contributed by atoms with van der Waals surface area (Å²) in [5.41, 5.74) is 2.51. The number of Topliss-reactive ketones (excluding diaryl/α,β-unsaturated/α-hetero) is 1. The summed E-state index contributed by atoms with van der Waals surface area (Å²) in [5, 5.41) is 0. The molecular formula is C17H22O. The van der Waals surface area contributed by atoms with Crippen molar-refractivity contribution in [1.82, 2.24) is 0 Å². The average Bonchev–Trinajstić information content (AvgIpc) is 2.36. The largest absolute Gasteiger partial charge is 0.299 e. The summed E-state index contributed by atoms with van der Waals surface area (Å²) in [5.74, 6) is 0.563. The van der Waals surface area contributed by atoms with Gasteiger partial charge in [0.05, 0.1) is 0 Å². The highest BCUT2D eigenvalue weighted by Crippen LogP contribution is 2.30. The molecule has 1 fully saturated rings. The van der Waals surface area contributed by atoms with Crippen LogP contribution in [0.15, 0.2) is 36.9 Å². The summed E-state index contributed by atoms with van der Waals surface area (Å²) < 4.78 is 0. The molecule has 18 heavy (non-hydrogen) atoms. The Labute approximate surface area is 110 Å². The summed E-state index contributed by atoms with van der Waals surface area (Å²) in [6.45, 7) is 3.81. The molecule has 0 radical (unpaired) electrons. The van der Waals surface area contributed by atoms with Gasteiger partial charge in [0.1, 0.15) is 5.78 Å². The lowest BCUT2D eigenvalue weighted by atomic mass is 9.82. The van der Waals surface area contributed by atoms with Gasteiger partial charge >= 0.3 is 0 Å². The lowest BCUT2D eigenvalue weighted by molar-refractivity contribution is -0.121. The monoisotopic (exact) mass is 242 g/mol. The number of allylic oxidation sites excluding steroid dienone is 1. The van der Waals surface area contributed by atoms with Crippen molar-refractivity contribution in [2.24, 2.45) is 0 Å². The van der Waals surface area contributed by atoms with E-state index in [2.05, 4.69) is 24.8 Å². The normalized spacial score (nSPS) is 21.1. The highest BCUT2D eigenvalue weighted by atomic mass is 16.1. The molecule has 1 aliphatic rings. The topological polar surface area (TPSA) is 17.1 Å². The Hall–Kier alpha value is -1.37. The fraction of sp³-hybridized carbons (Fsp3) is 0.471. The summed E-state index contributed by atoms with van der Waals surface area (Å²) >= 11 is 0. The minimum Gasteiger partial charge on any atom is -0.299 e. The Balaban J connectivity index is 2.26. The van der Waals surface area contributed by atoms with Gasteiger partial charge < -0.3 is 0 Å². The van der Waals surface area contributed by atoms with E-state index in [9.17, 15) is 4.79 Å². The van der Waals surface area contributed by atoms with Crippen molar-refractivity contribution in [3.8, 4) is 0 Å². The maximum Gasteiger partial charge on any atom is 0.140 e. The summed E-state index contributed by atoms with van der Waals surface area (Å²) in [4.78, 5) is 12.3. The Kier molecular flexibility index (Phi) is 4.74. The van der Waals surface area contributed by atoms with E-state index >= 15 is 0 Å². The van der Waals surface area contributed by atoms with Gasteiger partial charge in [-0.3, -0.25) is 4.79 Å². The molecular weight excluding hydrogens is 220 g/mol. The first-order valence-corrected chi connectivity index (χ1v) is 7.04. The first kappa shape index (κ1) is 13.1. The van der Waals surface area contributed by atoms with Crippen molar-refractivity contribution in [2.75, 3.05) is 0 Å². The molecule has 2 rings (SSSR count). The number of benzene rings is 1. The molecule has 1 saturated carbocycles. The van der Waals surface area contributed by atoms with Crippen LogP contribution >= 0.6 is 0 Å². The van der Waals surface area contributed by atoms with Crippen LogP contribution in [0.1, 0.15) is 55.6 Å². The lowest BCUT2D eigenvalue weighted by Gasteiger charge is -2.21. The molecule has 96 valence electrons. The van der Waals surface area contributed by atoms with Gasteiger partial charge in [-0.25, -0.2) is 0 Å². The SMILES string of the molecule is C=CCc1ccccc1C1CCCCCCC1=O.